The minimum Gasteiger partial charge on any atom is -0.353 e. The van der Waals surface area contributed by atoms with Crippen molar-refractivity contribution < 1.29 is 9.18 Å². The Hall–Kier alpha value is -2.50. The minimum atomic E-state index is -0.231. The number of carbonyl (C=O) groups is 1. The predicted octanol–water partition coefficient (Wildman–Crippen LogP) is 2.46. The van der Waals surface area contributed by atoms with Gasteiger partial charge in [0.05, 0.1) is 0 Å². The Morgan fingerprint density at radius 1 is 1.12 bits per heavy atom. The highest BCUT2D eigenvalue weighted by molar-refractivity contribution is 5.83. The van der Waals surface area contributed by atoms with Crippen molar-refractivity contribution >= 4 is 11.7 Å². The van der Waals surface area contributed by atoms with E-state index in [9.17, 15) is 9.18 Å². The van der Waals surface area contributed by atoms with Crippen molar-refractivity contribution in [2.45, 2.75) is 18.8 Å². The molecular formula is C19H21FN4O. The first-order valence-electron chi connectivity index (χ1n) is 8.79. The SMILES string of the molecule is O=C([C@@H]1C[C@H]1c1cccc(F)c1)N1CCCN(c2cccnn2)CC1. The molecule has 2 aromatic rings. The van der Waals surface area contributed by atoms with Crippen LogP contribution in [0.2, 0.25) is 0 Å². The summed E-state index contributed by atoms with van der Waals surface area (Å²) < 4.78 is 13.4. The van der Waals surface area contributed by atoms with Crippen LogP contribution in [0.4, 0.5) is 10.2 Å². The average Bonchev–Trinajstić information content (AvgIpc) is 3.45. The number of rotatable bonds is 3. The molecule has 0 spiro atoms. The summed E-state index contributed by atoms with van der Waals surface area (Å²) in [5.74, 6) is 1.01. The summed E-state index contributed by atoms with van der Waals surface area (Å²) in [6, 6.07) is 10.5. The molecule has 1 aromatic carbocycles. The molecule has 1 aromatic heterocycles. The standard InChI is InChI=1S/C19H21FN4O/c20-15-5-1-4-14(12-15)16-13-17(16)19(25)24-9-3-8-23(10-11-24)18-6-2-7-21-22-18/h1-2,4-7,12,16-17H,3,8-11,13H2/t16-,17+/m0/s1. The second kappa shape index (κ2) is 6.78. The summed E-state index contributed by atoms with van der Waals surface area (Å²) in [6.07, 6.45) is 3.41. The highest BCUT2D eigenvalue weighted by atomic mass is 19.1. The quantitative estimate of drug-likeness (QED) is 0.861. The van der Waals surface area contributed by atoms with Crippen molar-refractivity contribution in [1.82, 2.24) is 15.1 Å². The molecule has 1 saturated heterocycles. The molecule has 1 aliphatic carbocycles. The Morgan fingerprint density at radius 2 is 2.04 bits per heavy atom. The van der Waals surface area contributed by atoms with Gasteiger partial charge in [0.1, 0.15) is 5.82 Å². The molecule has 6 heteroatoms. The Balaban J connectivity index is 1.37. The second-order valence-electron chi connectivity index (χ2n) is 6.75. The molecule has 5 nitrogen and oxygen atoms in total. The lowest BCUT2D eigenvalue weighted by Gasteiger charge is -2.22. The lowest BCUT2D eigenvalue weighted by Crippen LogP contribution is -2.36. The minimum absolute atomic E-state index is 0.00451. The number of halogens is 1. The van der Waals surface area contributed by atoms with E-state index in [0.29, 0.717) is 6.54 Å². The van der Waals surface area contributed by atoms with Crippen LogP contribution in [-0.4, -0.2) is 47.2 Å². The van der Waals surface area contributed by atoms with Crippen molar-refractivity contribution in [3.8, 4) is 0 Å². The van der Waals surface area contributed by atoms with Gasteiger partial charge >= 0.3 is 0 Å². The van der Waals surface area contributed by atoms with Gasteiger partial charge in [-0.1, -0.05) is 12.1 Å². The predicted molar refractivity (Wildman–Crippen MR) is 92.7 cm³/mol. The van der Waals surface area contributed by atoms with Crippen molar-refractivity contribution in [2.75, 3.05) is 31.1 Å². The molecule has 4 rings (SSSR count). The van der Waals surface area contributed by atoms with E-state index in [1.54, 1.807) is 18.3 Å². The second-order valence-corrected chi connectivity index (χ2v) is 6.75. The Kier molecular flexibility index (Phi) is 4.34. The molecule has 1 saturated carbocycles. The molecule has 2 atom stereocenters. The van der Waals surface area contributed by atoms with Gasteiger partial charge in [-0.05, 0) is 48.6 Å². The van der Waals surface area contributed by atoms with E-state index in [4.69, 9.17) is 0 Å². The van der Waals surface area contributed by atoms with Gasteiger partial charge < -0.3 is 9.80 Å². The molecule has 2 aliphatic rings. The molecule has 130 valence electrons. The molecule has 1 amide bonds. The van der Waals surface area contributed by atoms with Gasteiger partial charge in [0, 0.05) is 38.3 Å². The van der Waals surface area contributed by atoms with Crippen molar-refractivity contribution in [2.24, 2.45) is 5.92 Å². The largest absolute Gasteiger partial charge is 0.353 e. The number of hydrogen-bond donors (Lipinski definition) is 0. The fourth-order valence-electron chi connectivity index (χ4n) is 3.64. The summed E-state index contributed by atoms with van der Waals surface area (Å²) in [5.41, 5.74) is 0.939. The number of aromatic nitrogens is 2. The zero-order valence-corrected chi connectivity index (χ0v) is 14.0. The van der Waals surface area contributed by atoms with E-state index >= 15 is 0 Å². The number of carbonyl (C=O) groups excluding carboxylic acids is 1. The molecule has 2 heterocycles. The number of nitrogens with zero attached hydrogens (tertiary/aromatic N) is 4. The van der Waals surface area contributed by atoms with Crippen LogP contribution in [0.15, 0.2) is 42.6 Å². The van der Waals surface area contributed by atoms with E-state index in [1.807, 2.05) is 23.1 Å². The van der Waals surface area contributed by atoms with E-state index in [2.05, 4.69) is 15.1 Å². The van der Waals surface area contributed by atoms with Gasteiger partial charge in [0.25, 0.3) is 0 Å². The number of hydrogen-bond acceptors (Lipinski definition) is 4. The first-order valence-corrected chi connectivity index (χ1v) is 8.79. The van der Waals surface area contributed by atoms with E-state index in [0.717, 1.165) is 43.9 Å². The normalized spacial score (nSPS) is 23.2. The summed E-state index contributed by atoms with van der Waals surface area (Å²) in [5, 5.41) is 8.09. The fourth-order valence-corrected chi connectivity index (χ4v) is 3.64. The maximum Gasteiger partial charge on any atom is 0.226 e. The molecule has 1 aliphatic heterocycles. The highest BCUT2D eigenvalue weighted by Crippen LogP contribution is 2.48. The third kappa shape index (κ3) is 3.48. The molecule has 0 radical (unpaired) electrons. The zero-order chi connectivity index (χ0) is 17.2. The van der Waals surface area contributed by atoms with Crippen LogP contribution < -0.4 is 4.90 Å². The lowest BCUT2D eigenvalue weighted by atomic mass is 10.1. The van der Waals surface area contributed by atoms with Crippen LogP contribution >= 0.6 is 0 Å². The smallest absolute Gasteiger partial charge is 0.226 e. The van der Waals surface area contributed by atoms with Gasteiger partial charge in [-0.15, -0.1) is 5.10 Å². The summed E-state index contributed by atoms with van der Waals surface area (Å²) in [6.45, 7) is 3.10. The Morgan fingerprint density at radius 3 is 2.84 bits per heavy atom. The number of benzene rings is 1. The Bertz CT molecular complexity index is 754. The average molecular weight is 340 g/mol. The topological polar surface area (TPSA) is 49.3 Å². The molecule has 0 N–H and O–H groups in total. The van der Waals surface area contributed by atoms with Crippen LogP contribution in [0, 0.1) is 11.7 Å². The molecule has 0 unspecified atom stereocenters. The van der Waals surface area contributed by atoms with Crippen LogP contribution in [0.3, 0.4) is 0 Å². The molecule has 2 fully saturated rings. The highest BCUT2D eigenvalue weighted by Gasteiger charge is 2.45. The van der Waals surface area contributed by atoms with Crippen LogP contribution in [0.1, 0.15) is 24.3 Å². The number of amides is 1. The zero-order valence-electron chi connectivity index (χ0n) is 14.0. The van der Waals surface area contributed by atoms with Crippen molar-refractivity contribution in [1.29, 1.82) is 0 Å². The van der Waals surface area contributed by atoms with Crippen LogP contribution in [0.5, 0.6) is 0 Å². The number of anilines is 1. The monoisotopic (exact) mass is 340 g/mol. The summed E-state index contributed by atoms with van der Waals surface area (Å²) >= 11 is 0. The van der Waals surface area contributed by atoms with Gasteiger partial charge in [0.2, 0.25) is 5.91 Å². The van der Waals surface area contributed by atoms with Crippen LogP contribution in [0.25, 0.3) is 0 Å². The van der Waals surface area contributed by atoms with Gasteiger partial charge in [-0.2, -0.15) is 5.10 Å². The third-order valence-electron chi connectivity index (χ3n) is 5.07. The third-order valence-corrected chi connectivity index (χ3v) is 5.07. The first kappa shape index (κ1) is 16.0. The molecule has 25 heavy (non-hydrogen) atoms. The fraction of sp³-hybridized carbons (Fsp3) is 0.421. The maximum atomic E-state index is 13.4. The van der Waals surface area contributed by atoms with E-state index < -0.39 is 0 Å². The van der Waals surface area contributed by atoms with E-state index in [-0.39, 0.29) is 23.6 Å². The lowest BCUT2D eigenvalue weighted by molar-refractivity contribution is -0.132. The van der Waals surface area contributed by atoms with Gasteiger partial charge in [-0.25, -0.2) is 4.39 Å². The maximum absolute atomic E-state index is 13.4. The first-order chi connectivity index (χ1) is 12.2. The van der Waals surface area contributed by atoms with Gasteiger partial charge in [0.15, 0.2) is 5.82 Å². The van der Waals surface area contributed by atoms with Crippen LogP contribution in [-0.2, 0) is 4.79 Å². The summed E-state index contributed by atoms with van der Waals surface area (Å²) in [4.78, 5) is 16.9. The Labute approximate surface area is 146 Å². The molecular weight excluding hydrogens is 319 g/mol. The van der Waals surface area contributed by atoms with E-state index in [1.165, 1.54) is 6.07 Å². The van der Waals surface area contributed by atoms with Gasteiger partial charge in [-0.3, -0.25) is 4.79 Å². The molecule has 0 bridgehead atoms. The van der Waals surface area contributed by atoms with Crippen molar-refractivity contribution in [3.05, 3.63) is 54.0 Å². The van der Waals surface area contributed by atoms with Crippen molar-refractivity contribution in [3.63, 3.8) is 0 Å². The summed E-state index contributed by atoms with van der Waals surface area (Å²) in [7, 11) is 0.